The number of aliphatic hydroxyl groups excluding tert-OH is 1. The van der Waals surface area contributed by atoms with Crippen LogP contribution in [0.25, 0.3) is 0 Å². The van der Waals surface area contributed by atoms with Gasteiger partial charge < -0.3 is 9.84 Å². The summed E-state index contributed by atoms with van der Waals surface area (Å²) in [4.78, 5) is 2.53. The van der Waals surface area contributed by atoms with E-state index in [0.29, 0.717) is 0 Å². The Bertz CT molecular complexity index is 158. The fraction of sp³-hybridized carbons (Fsp3) is 1.00. The average molecular weight is 215 g/mol. The highest BCUT2D eigenvalue weighted by atomic mass is 16.5. The van der Waals surface area contributed by atoms with E-state index in [9.17, 15) is 0 Å². The second-order valence-corrected chi connectivity index (χ2v) is 4.60. The van der Waals surface area contributed by atoms with E-state index in [-0.39, 0.29) is 6.10 Å². The topological polar surface area (TPSA) is 32.7 Å². The molecule has 0 spiro atoms. The van der Waals surface area contributed by atoms with E-state index in [4.69, 9.17) is 9.84 Å². The van der Waals surface area contributed by atoms with Gasteiger partial charge in [-0.3, -0.25) is 4.90 Å². The predicted molar refractivity (Wildman–Crippen MR) is 62.0 cm³/mol. The molecular weight excluding hydrogens is 190 g/mol. The lowest BCUT2D eigenvalue weighted by Crippen LogP contribution is -2.30. The number of unbranched alkanes of at least 4 members (excludes halogenated alkanes) is 1. The SMILES string of the molecule is COCCN(CCCCC(C)O)C1CC1. The van der Waals surface area contributed by atoms with Crippen molar-refractivity contribution < 1.29 is 9.84 Å². The molecule has 0 radical (unpaired) electrons. The highest BCUT2D eigenvalue weighted by Crippen LogP contribution is 2.26. The molecular formula is C12H25NO2. The van der Waals surface area contributed by atoms with Crippen LogP contribution in [0.2, 0.25) is 0 Å². The van der Waals surface area contributed by atoms with Crippen LogP contribution in [0.5, 0.6) is 0 Å². The van der Waals surface area contributed by atoms with Crippen molar-refractivity contribution in [2.45, 2.75) is 51.2 Å². The first-order valence-electron chi connectivity index (χ1n) is 6.15. The van der Waals surface area contributed by atoms with Crippen molar-refractivity contribution in [3.8, 4) is 0 Å². The number of rotatable bonds is 9. The first kappa shape index (κ1) is 12.9. The first-order chi connectivity index (χ1) is 7.24. The number of aliphatic hydroxyl groups is 1. The minimum atomic E-state index is -0.140. The molecule has 1 rings (SSSR count). The maximum Gasteiger partial charge on any atom is 0.0589 e. The molecule has 0 saturated heterocycles. The largest absolute Gasteiger partial charge is 0.393 e. The molecule has 0 amide bonds. The predicted octanol–water partition coefficient (Wildman–Crippen LogP) is 1.65. The van der Waals surface area contributed by atoms with Crippen molar-refractivity contribution in [3.63, 3.8) is 0 Å². The van der Waals surface area contributed by atoms with Crippen molar-refractivity contribution in [1.82, 2.24) is 4.90 Å². The van der Waals surface area contributed by atoms with Crippen LogP contribution in [-0.4, -0.2) is 49.0 Å². The van der Waals surface area contributed by atoms with Gasteiger partial charge in [-0.05, 0) is 45.6 Å². The molecule has 1 fully saturated rings. The molecule has 1 N–H and O–H groups in total. The van der Waals surface area contributed by atoms with Crippen LogP contribution >= 0.6 is 0 Å². The van der Waals surface area contributed by atoms with Crippen molar-refractivity contribution in [2.24, 2.45) is 0 Å². The summed E-state index contributed by atoms with van der Waals surface area (Å²) in [6.07, 6.45) is 5.85. The van der Waals surface area contributed by atoms with Gasteiger partial charge in [0.2, 0.25) is 0 Å². The second-order valence-electron chi connectivity index (χ2n) is 4.60. The summed E-state index contributed by atoms with van der Waals surface area (Å²) in [5, 5.41) is 9.15. The zero-order valence-corrected chi connectivity index (χ0v) is 10.1. The Morgan fingerprint density at radius 2 is 2.07 bits per heavy atom. The van der Waals surface area contributed by atoms with Gasteiger partial charge in [0, 0.05) is 19.7 Å². The van der Waals surface area contributed by atoms with Gasteiger partial charge >= 0.3 is 0 Å². The van der Waals surface area contributed by atoms with Gasteiger partial charge in [-0.1, -0.05) is 0 Å². The summed E-state index contributed by atoms with van der Waals surface area (Å²) in [5.41, 5.74) is 0. The molecule has 0 aromatic rings. The molecule has 1 unspecified atom stereocenters. The maximum atomic E-state index is 9.15. The second kappa shape index (κ2) is 7.20. The van der Waals surface area contributed by atoms with Gasteiger partial charge in [0.25, 0.3) is 0 Å². The van der Waals surface area contributed by atoms with Crippen LogP contribution < -0.4 is 0 Å². The molecule has 0 aromatic heterocycles. The van der Waals surface area contributed by atoms with Crippen LogP contribution in [0.15, 0.2) is 0 Å². The van der Waals surface area contributed by atoms with Crippen molar-refractivity contribution >= 4 is 0 Å². The Hall–Kier alpha value is -0.120. The van der Waals surface area contributed by atoms with Gasteiger partial charge in [0.1, 0.15) is 0 Å². The Morgan fingerprint density at radius 1 is 1.33 bits per heavy atom. The Labute approximate surface area is 93.4 Å². The summed E-state index contributed by atoms with van der Waals surface area (Å²) < 4.78 is 5.11. The molecule has 0 aromatic carbocycles. The van der Waals surface area contributed by atoms with E-state index < -0.39 is 0 Å². The molecule has 1 saturated carbocycles. The molecule has 0 bridgehead atoms. The summed E-state index contributed by atoms with van der Waals surface area (Å²) in [6, 6.07) is 0.826. The lowest BCUT2D eigenvalue weighted by molar-refractivity contribution is 0.139. The molecule has 1 aliphatic rings. The van der Waals surface area contributed by atoms with E-state index in [1.165, 1.54) is 25.8 Å². The molecule has 15 heavy (non-hydrogen) atoms. The summed E-state index contributed by atoms with van der Waals surface area (Å²) >= 11 is 0. The smallest absolute Gasteiger partial charge is 0.0589 e. The van der Waals surface area contributed by atoms with Crippen molar-refractivity contribution in [1.29, 1.82) is 0 Å². The Morgan fingerprint density at radius 3 is 2.60 bits per heavy atom. The zero-order chi connectivity index (χ0) is 11.1. The van der Waals surface area contributed by atoms with Gasteiger partial charge in [-0.15, -0.1) is 0 Å². The third kappa shape index (κ3) is 6.13. The molecule has 1 aliphatic carbocycles. The monoisotopic (exact) mass is 215 g/mol. The molecule has 1 atom stereocenters. The lowest BCUT2D eigenvalue weighted by atomic mass is 10.1. The fourth-order valence-electron chi connectivity index (χ4n) is 1.88. The van der Waals surface area contributed by atoms with E-state index in [0.717, 1.165) is 32.0 Å². The first-order valence-corrected chi connectivity index (χ1v) is 6.15. The van der Waals surface area contributed by atoms with Gasteiger partial charge in [-0.2, -0.15) is 0 Å². The molecule has 0 aliphatic heterocycles. The summed E-state index contributed by atoms with van der Waals surface area (Å²) in [7, 11) is 1.76. The van der Waals surface area contributed by atoms with Gasteiger partial charge in [0.15, 0.2) is 0 Å². The van der Waals surface area contributed by atoms with Crippen LogP contribution in [-0.2, 0) is 4.74 Å². The number of hydrogen-bond donors (Lipinski definition) is 1. The summed E-state index contributed by atoms with van der Waals surface area (Å²) in [5.74, 6) is 0. The molecule has 3 nitrogen and oxygen atoms in total. The Kier molecular flexibility index (Phi) is 6.22. The highest BCUT2D eigenvalue weighted by Gasteiger charge is 2.27. The minimum Gasteiger partial charge on any atom is -0.393 e. The number of methoxy groups -OCH3 is 1. The van der Waals surface area contributed by atoms with Crippen LogP contribution in [0, 0.1) is 0 Å². The third-order valence-corrected chi connectivity index (χ3v) is 2.96. The van der Waals surface area contributed by atoms with Gasteiger partial charge in [0.05, 0.1) is 12.7 Å². The van der Waals surface area contributed by atoms with Crippen LogP contribution in [0.1, 0.15) is 39.0 Å². The quantitative estimate of drug-likeness (QED) is 0.594. The van der Waals surface area contributed by atoms with E-state index in [1.54, 1.807) is 7.11 Å². The third-order valence-electron chi connectivity index (χ3n) is 2.96. The van der Waals surface area contributed by atoms with Crippen molar-refractivity contribution in [2.75, 3.05) is 26.8 Å². The molecule has 3 heteroatoms. The average Bonchev–Trinajstić information content (AvgIpc) is 3.00. The fourth-order valence-corrected chi connectivity index (χ4v) is 1.88. The van der Waals surface area contributed by atoms with Gasteiger partial charge in [-0.25, -0.2) is 0 Å². The standard InChI is InChI=1S/C12H25NO2/c1-11(14)5-3-4-8-13(9-10-15-2)12-6-7-12/h11-12,14H,3-10H2,1-2H3. The number of ether oxygens (including phenoxy) is 1. The van der Waals surface area contributed by atoms with Crippen LogP contribution in [0.4, 0.5) is 0 Å². The lowest BCUT2D eigenvalue weighted by Gasteiger charge is -2.21. The minimum absolute atomic E-state index is 0.140. The normalized spacial score (nSPS) is 18.4. The van der Waals surface area contributed by atoms with E-state index in [2.05, 4.69) is 4.90 Å². The zero-order valence-electron chi connectivity index (χ0n) is 10.1. The van der Waals surface area contributed by atoms with E-state index >= 15 is 0 Å². The molecule has 90 valence electrons. The van der Waals surface area contributed by atoms with E-state index in [1.807, 2.05) is 6.92 Å². The molecule has 0 heterocycles. The number of hydrogen-bond acceptors (Lipinski definition) is 3. The van der Waals surface area contributed by atoms with Crippen LogP contribution in [0.3, 0.4) is 0 Å². The maximum absolute atomic E-state index is 9.15. The highest BCUT2D eigenvalue weighted by molar-refractivity contribution is 4.84. The van der Waals surface area contributed by atoms with Crippen molar-refractivity contribution in [3.05, 3.63) is 0 Å². The Balaban J connectivity index is 2.03. The summed E-state index contributed by atoms with van der Waals surface area (Å²) in [6.45, 7) is 4.94. The number of nitrogens with zero attached hydrogens (tertiary/aromatic N) is 1.